The summed E-state index contributed by atoms with van der Waals surface area (Å²) in [4.78, 5) is 74.3. The van der Waals surface area contributed by atoms with Crippen LogP contribution in [-0.2, 0) is 52.0 Å². The minimum atomic E-state index is -3.72. The maximum atomic E-state index is 13.1. The van der Waals surface area contributed by atoms with Gasteiger partial charge in [0.25, 0.3) is 0 Å². The van der Waals surface area contributed by atoms with Crippen molar-refractivity contribution in [2.24, 2.45) is 0 Å². The highest BCUT2D eigenvalue weighted by Gasteiger charge is 2.26. The molecule has 15 heteroatoms. The Hall–Kier alpha value is -2.06. The Kier molecular flexibility index (Phi) is 30.2. The quantitative estimate of drug-likeness (QED) is 0.0583. The van der Waals surface area contributed by atoms with Crippen LogP contribution in [0.2, 0.25) is 0 Å². The molecule has 0 aromatic heterocycles. The predicted octanol–water partition coefficient (Wildman–Crippen LogP) is 4.86. The van der Waals surface area contributed by atoms with Crippen molar-refractivity contribution < 1.29 is 56.9 Å². The third-order valence-electron chi connectivity index (χ3n) is 7.66. The van der Waals surface area contributed by atoms with Crippen molar-refractivity contribution in [1.82, 2.24) is 10.6 Å². The Morgan fingerprint density at radius 2 is 0.980 bits per heavy atom. The minimum Gasteiger partial charge on any atom is -0.381 e. The minimum absolute atomic E-state index is 0.00336. The summed E-state index contributed by atoms with van der Waals surface area (Å²) in [7, 11) is -3.72. The maximum absolute atomic E-state index is 13.1. The normalized spacial score (nSPS) is 13.8. The largest absolute Gasteiger partial charge is 0.381 e. The summed E-state index contributed by atoms with van der Waals surface area (Å²) in [5.74, 6) is -1.35. The van der Waals surface area contributed by atoms with Gasteiger partial charge in [-0.25, -0.2) is 0 Å². The molecule has 0 fully saturated rings. The van der Waals surface area contributed by atoms with Gasteiger partial charge in [0.2, 0.25) is 11.8 Å². The predicted molar refractivity (Wildman–Crippen MR) is 195 cm³/mol. The summed E-state index contributed by atoms with van der Waals surface area (Å²) in [6.45, 7) is 12.2. The van der Waals surface area contributed by atoms with Gasteiger partial charge in [-0.05, 0) is 51.4 Å². The first-order chi connectivity index (χ1) is 24.4. The number of nitrogens with one attached hydrogen (secondary N) is 2. The highest BCUT2D eigenvalue weighted by molar-refractivity contribution is 7.53. The Bertz CT molecular complexity index is 1030. The monoisotopic (exact) mass is 750 g/mol. The third kappa shape index (κ3) is 27.2. The molecule has 0 saturated carbocycles. The van der Waals surface area contributed by atoms with E-state index in [1.54, 1.807) is 13.8 Å². The lowest BCUT2D eigenvalue weighted by molar-refractivity contribution is -0.130. The summed E-state index contributed by atoms with van der Waals surface area (Å²) in [6.07, 6.45) is 4.97. The average Bonchev–Trinajstić information content (AvgIpc) is 3.09. The van der Waals surface area contributed by atoms with Gasteiger partial charge in [0.05, 0.1) is 37.6 Å². The Labute approximate surface area is 305 Å². The van der Waals surface area contributed by atoms with Gasteiger partial charge in [-0.3, -0.25) is 28.5 Å². The van der Waals surface area contributed by atoms with E-state index in [0.29, 0.717) is 65.3 Å². The van der Waals surface area contributed by atoms with Gasteiger partial charge >= 0.3 is 7.60 Å². The number of ether oxygens (including phenoxy) is 4. The van der Waals surface area contributed by atoms with Gasteiger partial charge in [0.15, 0.2) is 11.6 Å². The molecular formula is C36H67N2O12P. The van der Waals surface area contributed by atoms with E-state index >= 15 is 0 Å². The van der Waals surface area contributed by atoms with Crippen LogP contribution < -0.4 is 10.6 Å². The second kappa shape index (κ2) is 31.5. The van der Waals surface area contributed by atoms with Crippen molar-refractivity contribution in [1.29, 1.82) is 0 Å². The number of ketones is 3. The van der Waals surface area contributed by atoms with Crippen molar-refractivity contribution in [3.63, 3.8) is 0 Å². The summed E-state index contributed by atoms with van der Waals surface area (Å²) < 4.78 is 38.6. The lowest BCUT2D eigenvalue weighted by Crippen LogP contribution is -2.44. The molecule has 0 aliphatic rings. The summed E-state index contributed by atoms with van der Waals surface area (Å²) in [5, 5.41) is 5.48. The van der Waals surface area contributed by atoms with E-state index in [4.69, 9.17) is 23.5 Å². The van der Waals surface area contributed by atoms with E-state index in [1.165, 1.54) is 0 Å². The molecule has 3 N–H and O–H groups in total. The molecule has 0 aliphatic carbocycles. The zero-order valence-electron chi connectivity index (χ0n) is 31.9. The van der Waals surface area contributed by atoms with E-state index < -0.39 is 37.2 Å². The Morgan fingerprint density at radius 3 is 1.45 bits per heavy atom. The van der Waals surface area contributed by atoms with Crippen LogP contribution in [0.1, 0.15) is 125 Å². The van der Waals surface area contributed by atoms with Crippen LogP contribution in [0.15, 0.2) is 0 Å². The molecular weight excluding hydrogens is 683 g/mol. The van der Waals surface area contributed by atoms with E-state index in [2.05, 4.69) is 10.6 Å². The third-order valence-corrected chi connectivity index (χ3v) is 9.52. The molecule has 0 aromatic carbocycles. The van der Waals surface area contributed by atoms with Gasteiger partial charge in [0, 0.05) is 78.2 Å². The van der Waals surface area contributed by atoms with Crippen LogP contribution in [0, 0.1) is 0 Å². The summed E-state index contributed by atoms with van der Waals surface area (Å²) >= 11 is 0. The number of rotatable bonds is 36. The lowest BCUT2D eigenvalue weighted by Gasteiger charge is -2.20. The number of carbonyl (C=O) groups excluding carboxylic acids is 5. The van der Waals surface area contributed by atoms with Gasteiger partial charge in [-0.1, -0.05) is 34.6 Å². The molecule has 14 nitrogen and oxygen atoms in total. The lowest BCUT2D eigenvalue weighted by atomic mass is 9.99. The fraction of sp³-hybridized carbons (Fsp3) is 0.861. The summed E-state index contributed by atoms with van der Waals surface area (Å²) in [5.41, 5.74) is -0.546. The number of carbonyl (C=O) groups is 5. The zero-order chi connectivity index (χ0) is 38.3. The molecule has 0 aliphatic heterocycles. The molecule has 3 atom stereocenters. The molecule has 3 unspecified atom stereocenters. The summed E-state index contributed by atoms with van der Waals surface area (Å²) in [6, 6.07) is -1.80. The van der Waals surface area contributed by atoms with E-state index in [9.17, 15) is 33.4 Å². The smallest absolute Gasteiger partial charge is 0.330 e. The first kappa shape index (κ1) is 48.9. The molecule has 0 bridgehead atoms. The van der Waals surface area contributed by atoms with Gasteiger partial charge in [-0.2, -0.15) is 0 Å². The topological polar surface area (TPSA) is 193 Å². The van der Waals surface area contributed by atoms with Crippen LogP contribution in [0.4, 0.5) is 0 Å². The number of hydrogen-bond acceptors (Lipinski definition) is 11. The van der Waals surface area contributed by atoms with Crippen molar-refractivity contribution in [3.8, 4) is 0 Å². The van der Waals surface area contributed by atoms with E-state index in [1.807, 2.05) is 20.8 Å². The average molecular weight is 751 g/mol. The van der Waals surface area contributed by atoms with Crippen molar-refractivity contribution in [2.75, 3.05) is 59.5 Å². The molecule has 0 rings (SSSR count). The van der Waals surface area contributed by atoms with Crippen LogP contribution in [0.5, 0.6) is 0 Å². The van der Waals surface area contributed by atoms with Crippen molar-refractivity contribution in [2.45, 2.75) is 142 Å². The van der Waals surface area contributed by atoms with E-state index in [0.717, 1.165) is 19.3 Å². The highest BCUT2D eigenvalue weighted by atomic mass is 31.2. The second-order valence-electron chi connectivity index (χ2n) is 12.8. The van der Waals surface area contributed by atoms with Gasteiger partial charge in [0.1, 0.15) is 5.78 Å². The molecule has 0 spiro atoms. The van der Waals surface area contributed by atoms with Crippen LogP contribution in [0.3, 0.4) is 0 Å². The molecule has 0 saturated heterocycles. The molecule has 0 radical (unpaired) electrons. The highest BCUT2D eigenvalue weighted by Crippen LogP contribution is 2.46. The number of Topliss-reactive ketones (excluding diaryl/α,β-unsaturated/α-hetero) is 3. The molecule has 2 amide bonds. The van der Waals surface area contributed by atoms with Crippen molar-refractivity contribution in [3.05, 3.63) is 0 Å². The Balaban J connectivity index is 5.23. The van der Waals surface area contributed by atoms with Crippen molar-refractivity contribution >= 4 is 36.8 Å². The Morgan fingerprint density at radius 1 is 0.549 bits per heavy atom. The first-order valence-corrected chi connectivity index (χ1v) is 20.5. The maximum Gasteiger partial charge on any atom is 0.330 e. The van der Waals surface area contributed by atoms with Crippen LogP contribution in [0.25, 0.3) is 0 Å². The fourth-order valence-electron chi connectivity index (χ4n) is 4.67. The van der Waals surface area contributed by atoms with Crippen LogP contribution >= 0.6 is 7.60 Å². The van der Waals surface area contributed by atoms with Gasteiger partial charge < -0.3 is 39.0 Å². The first-order valence-electron chi connectivity index (χ1n) is 18.8. The standard InChI is InChI=1S/C36H67N2O12P/c1-6-20-46-23-9-12-30(39)15-16-31(33(40)13-10-24-47-21-7-2)37-35(42)18-17-32(34(41)14-11-25-48-22-8-3)38-36(43)19-26-49-27-28-50-51(44,45)29(4)5/h29,31-32H,6-28H2,1-5H3,(H,37,42)(H,38,43)(H,44,45). The second-order valence-corrected chi connectivity index (χ2v) is 15.2. The van der Waals surface area contributed by atoms with Crippen LogP contribution in [-0.4, -0.2) is 111 Å². The fourth-order valence-corrected chi connectivity index (χ4v) is 5.30. The number of hydrogen-bond donors (Lipinski definition) is 3. The number of amides is 2. The molecule has 51 heavy (non-hydrogen) atoms. The molecule has 0 aromatic rings. The molecule has 298 valence electrons. The SMILES string of the molecule is CCCOCCCC(=O)CCC(NC(=O)CCC(NC(=O)CCOCCOP(=O)(O)C(C)C)C(=O)CCCOCCC)C(=O)CCCOCCC. The molecule has 0 heterocycles. The van der Waals surface area contributed by atoms with E-state index in [-0.39, 0.29) is 82.1 Å². The van der Waals surface area contributed by atoms with Gasteiger partial charge in [-0.15, -0.1) is 0 Å². The zero-order valence-corrected chi connectivity index (χ0v) is 32.8.